The predicted octanol–water partition coefficient (Wildman–Crippen LogP) is 4.84. The van der Waals surface area contributed by atoms with E-state index in [1.165, 1.54) is 44.0 Å². The van der Waals surface area contributed by atoms with E-state index in [4.69, 9.17) is 0 Å². The van der Waals surface area contributed by atoms with Gasteiger partial charge in [-0.1, -0.05) is 54.0 Å². The third-order valence-electron chi connectivity index (χ3n) is 4.10. The molecule has 1 N–H and O–H groups in total. The number of nitrogens with one attached hydrogen (secondary N) is 1. The smallest absolute Gasteiger partial charge is 0.0220 e. The highest BCUT2D eigenvalue weighted by Crippen LogP contribution is 2.30. The highest BCUT2D eigenvalue weighted by Gasteiger charge is 2.27. The molecule has 0 aromatic rings. The second-order valence-electron chi connectivity index (χ2n) is 7.96. The van der Waals surface area contributed by atoms with Crippen LogP contribution in [0.3, 0.4) is 0 Å². The molecule has 0 spiro atoms. The van der Waals surface area contributed by atoms with Crippen molar-refractivity contribution < 1.29 is 0 Å². The molecule has 0 aliphatic carbocycles. The topological polar surface area (TPSA) is 15.3 Å². The molecule has 1 atom stereocenters. The summed E-state index contributed by atoms with van der Waals surface area (Å²) in [4.78, 5) is 2.43. The Labute approximate surface area is 149 Å². The maximum absolute atomic E-state index is 4.16. The van der Waals surface area contributed by atoms with E-state index in [0.717, 1.165) is 18.3 Å². The Morgan fingerprint density at radius 3 is 1.96 bits per heavy atom. The van der Waals surface area contributed by atoms with Gasteiger partial charge >= 0.3 is 0 Å². The van der Waals surface area contributed by atoms with Crippen LogP contribution < -0.4 is 5.32 Å². The number of hydrogen-bond acceptors (Lipinski definition) is 2. The molecule has 2 fully saturated rings. The first-order valence-corrected chi connectivity index (χ1v) is 11.2. The maximum atomic E-state index is 4.16. The Hall–Kier alpha value is -0.280. The van der Waals surface area contributed by atoms with Gasteiger partial charge in [0.15, 0.2) is 0 Å². The standard InChI is InChI=1S/C12H23N.C6H13NS.C2H6/c1-6-11-8-13(9-11)10(2)7-12(3,4)5;1-8(2)5-6-3-7-4-6;1-2/h11H,2,6-9H2,1,3-5H3;6-7H,1,3-5H2,2H3;1-2H3. The summed E-state index contributed by atoms with van der Waals surface area (Å²) in [5.74, 6) is 7.16. The van der Waals surface area contributed by atoms with Gasteiger partial charge in [0.05, 0.1) is 0 Å². The van der Waals surface area contributed by atoms with E-state index < -0.39 is 0 Å². The molecule has 2 aliphatic heterocycles. The summed E-state index contributed by atoms with van der Waals surface area (Å²) < 4.78 is 0. The molecule has 0 aromatic carbocycles. The van der Waals surface area contributed by atoms with Crippen LogP contribution >= 0.6 is 10.5 Å². The molecule has 0 aromatic heterocycles. The summed E-state index contributed by atoms with van der Waals surface area (Å²) in [6.45, 7) is 22.2. The van der Waals surface area contributed by atoms with Gasteiger partial charge in [-0.3, -0.25) is 0 Å². The van der Waals surface area contributed by atoms with Crippen molar-refractivity contribution in [1.29, 1.82) is 0 Å². The van der Waals surface area contributed by atoms with Crippen molar-refractivity contribution in [3.63, 3.8) is 0 Å². The number of nitrogens with zero attached hydrogens (tertiary/aromatic N) is 1. The number of likely N-dealkylation sites (tertiary alicyclic amines) is 1. The Bertz CT molecular complexity index is 347. The molecule has 0 saturated carbocycles. The zero-order chi connectivity index (χ0) is 18.0. The summed E-state index contributed by atoms with van der Waals surface area (Å²) in [5.41, 5.74) is 1.71. The fourth-order valence-electron chi connectivity index (χ4n) is 2.68. The Morgan fingerprint density at radius 1 is 1.17 bits per heavy atom. The lowest BCUT2D eigenvalue weighted by molar-refractivity contribution is 0.126. The molecule has 138 valence electrons. The summed E-state index contributed by atoms with van der Waals surface area (Å²) >= 11 is 0. The molecule has 3 heteroatoms. The molecule has 23 heavy (non-hydrogen) atoms. The van der Waals surface area contributed by atoms with Crippen LogP contribution in [0.15, 0.2) is 12.3 Å². The Kier molecular flexibility index (Phi) is 11.2. The van der Waals surface area contributed by atoms with Crippen LogP contribution in [0.2, 0.25) is 0 Å². The van der Waals surface area contributed by atoms with E-state index in [1.54, 1.807) is 0 Å². The Balaban J connectivity index is 0.000000414. The van der Waals surface area contributed by atoms with E-state index in [0.29, 0.717) is 15.9 Å². The minimum absolute atomic E-state index is 0.383. The van der Waals surface area contributed by atoms with E-state index in [1.807, 2.05) is 13.8 Å². The lowest BCUT2D eigenvalue weighted by Gasteiger charge is -2.43. The average molecular weight is 343 g/mol. The van der Waals surface area contributed by atoms with E-state index >= 15 is 0 Å². The van der Waals surface area contributed by atoms with Gasteiger partial charge in [0, 0.05) is 18.8 Å². The fraction of sp³-hybridized carbons (Fsp3) is 0.850. The maximum Gasteiger partial charge on any atom is 0.0220 e. The van der Waals surface area contributed by atoms with Crippen molar-refractivity contribution in [3.8, 4) is 0 Å². The first-order chi connectivity index (χ1) is 10.7. The molecule has 0 bridgehead atoms. The number of allylic oxidation sites excluding steroid dienone is 1. The molecule has 2 heterocycles. The van der Waals surface area contributed by atoms with Gasteiger partial charge < -0.3 is 10.2 Å². The molecule has 0 radical (unpaired) electrons. The molecule has 1 unspecified atom stereocenters. The van der Waals surface area contributed by atoms with Crippen molar-refractivity contribution >= 4 is 16.4 Å². The lowest BCUT2D eigenvalue weighted by atomic mass is 9.88. The van der Waals surface area contributed by atoms with Gasteiger partial charge in [0.2, 0.25) is 0 Å². The van der Waals surface area contributed by atoms with Gasteiger partial charge in [0.25, 0.3) is 0 Å². The normalized spacial score (nSPS) is 19.3. The minimum atomic E-state index is 0.383. The third-order valence-corrected chi connectivity index (χ3v) is 5.14. The third kappa shape index (κ3) is 10.2. The summed E-state index contributed by atoms with van der Waals surface area (Å²) in [5, 5.41) is 3.24. The SMILES string of the molecule is C=C(CC(C)(C)C)N1CC(CC)C1.C=S(C)CC1CNC1.CC. The van der Waals surface area contributed by atoms with Crippen molar-refractivity contribution in [1.82, 2.24) is 10.2 Å². The molecular weight excluding hydrogens is 300 g/mol. The van der Waals surface area contributed by atoms with E-state index in [-0.39, 0.29) is 0 Å². The fourth-order valence-corrected chi connectivity index (χ4v) is 3.72. The number of hydrogen-bond donors (Lipinski definition) is 1. The highest BCUT2D eigenvalue weighted by molar-refractivity contribution is 8.13. The van der Waals surface area contributed by atoms with E-state index in [2.05, 4.69) is 56.6 Å². The van der Waals surface area contributed by atoms with Crippen molar-refractivity contribution in [3.05, 3.63) is 12.3 Å². The molecule has 2 aliphatic rings. The van der Waals surface area contributed by atoms with Crippen LogP contribution in [0, 0.1) is 17.3 Å². The van der Waals surface area contributed by atoms with Crippen molar-refractivity contribution in [2.24, 2.45) is 17.3 Å². The molecular formula is C20H42N2S. The van der Waals surface area contributed by atoms with Crippen molar-refractivity contribution in [2.75, 3.05) is 38.2 Å². The van der Waals surface area contributed by atoms with Crippen LogP contribution in [-0.4, -0.2) is 49.0 Å². The van der Waals surface area contributed by atoms with E-state index in [9.17, 15) is 0 Å². The average Bonchev–Trinajstić information content (AvgIpc) is 2.34. The first-order valence-electron chi connectivity index (χ1n) is 9.27. The van der Waals surface area contributed by atoms with Crippen molar-refractivity contribution in [2.45, 2.75) is 54.4 Å². The second-order valence-corrected chi connectivity index (χ2v) is 9.85. The summed E-state index contributed by atoms with van der Waals surface area (Å²) in [6, 6.07) is 0. The van der Waals surface area contributed by atoms with Crippen LogP contribution in [0.25, 0.3) is 0 Å². The highest BCUT2D eigenvalue weighted by atomic mass is 32.2. The Morgan fingerprint density at radius 2 is 1.70 bits per heavy atom. The second kappa shape index (κ2) is 11.3. The van der Waals surface area contributed by atoms with Gasteiger partial charge in [-0.25, -0.2) is 0 Å². The number of rotatable bonds is 5. The largest absolute Gasteiger partial charge is 0.375 e. The molecule has 2 rings (SSSR count). The zero-order valence-electron chi connectivity index (χ0n) is 16.9. The predicted molar refractivity (Wildman–Crippen MR) is 112 cm³/mol. The van der Waals surface area contributed by atoms with Crippen LogP contribution in [0.4, 0.5) is 0 Å². The molecule has 2 saturated heterocycles. The van der Waals surface area contributed by atoms with Gasteiger partial charge in [-0.15, -0.1) is 0 Å². The van der Waals surface area contributed by atoms with Gasteiger partial charge in [-0.05, 0) is 55.2 Å². The molecule has 2 nitrogen and oxygen atoms in total. The monoisotopic (exact) mass is 342 g/mol. The van der Waals surface area contributed by atoms with Gasteiger partial charge in [-0.2, -0.15) is 10.5 Å². The zero-order valence-corrected chi connectivity index (χ0v) is 17.7. The van der Waals surface area contributed by atoms with Crippen LogP contribution in [0.5, 0.6) is 0 Å². The lowest BCUT2D eigenvalue weighted by Crippen LogP contribution is -2.45. The van der Waals surface area contributed by atoms with Crippen LogP contribution in [0.1, 0.15) is 54.4 Å². The summed E-state index contributed by atoms with van der Waals surface area (Å²) in [7, 11) is 0.416. The first kappa shape index (κ1) is 22.7. The minimum Gasteiger partial charge on any atom is -0.375 e. The molecule has 0 amide bonds. The van der Waals surface area contributed by atoms with Gasteiger partial charge in [0.1, 0.15) is 0 Å². The quantitative estimate of drug-likeness (QED) is 0.719. The van der Waals surface area contributed by atoms with Crippen LogP contribution in [-0.2, 0) is 0 Å². The summed E-state index contributed by atoms with van der Waals surface area (Å²) in [6.07, 6.45) is 4.65.